The first-order valence-corrected chi connectivity index (χ1v) is 2.88. The second kappa shape index (κ2) is 5.28. The minimum Gasteiger partial charge on any atom is -0.494 e. The summed E-state index contributed by atoms with van der Waals surface area (Å²) < 4.78 is 4.68. The molecule has 0 aromatic rings. The normalized spacial score (nSPS) is 11.9. The Morgan fingerprint density at radius 2 is 2.45 bits per heavy atom. The third-order valence-electron chi connectivity index (χ3n) is 0.845. The number of carboxylic acids is 1. The van der Waals surface area contributed by atoms with Gasteiger partial charge in [0.1, 0.15) is 6.54 Å². The van der Waals surface area contributed by atoms with E-state index in [-0.39, 0.29) is 6.54 Å². The molecule has 0 radical (unpaired) electrons. The summed E-state index contributed by atoms with van der Waals surface area (Å²) in [7, 11) is 1.42. The molecule has 5 nitrogen and oxygen atoms in total. The number of nitrogens with two attached hydrogens (primary N) is 1. The van der Waals surface area contributed by atoms with Crippen LogP contribution in [0.15, 0.2) is 17.0 Å². The summed E-state index contributed by atoms with van der Waals surface area (Å²) in [5.74, 6) is -0.653. The first-order valence-electron chi connectivity index (χ1n) is 2.88. The Morgan fingerprint density at radius 3 is 2.82 bits per heavy atom. The Bertz CT molecular complexity index is 186. The van der Waals surface area contributed by atoms with Crippen molar-refractivity contribution in [1.82, 2.24) is 0 Å². The number of ether oxygens (including phenoxy) is 1. The minimum absolute atomic E-state index is 0.277. The van der Waals surface area contributed by atoms with Crippen LogP contribution in [0, 0.1) is 0 Å². The molecule has 0 unspecified atom stereocenters. The molecule has 11 heavy (non-hydrogen) atoms. The smallest absolute Gasteiger partial charge is 0.325 e. The summed E-state index contributed by atoms with van der Waals surface area (Å²) in [4.78, 5) is 13.5. The van der Waals surface area contributed by atoms with E-state index in [0.717, 1.165) is 0 Å². The fourth-order valence-corrected chi connectivity index (χ4v) is 0.377. The van der Waals surface area contributed by atoms with Crippen molar-refractivity contribution in [1.29, 1.82) is 0 Å². The fourth-order valence-electron chi connectivity index (χ4n) is 0.377. The van der Waals surface area contributed by atoms with E-state index in [0.29, 0.717) is 5.76 Å². The van der Waals surface area contributed by atoms with Crippen LogP contribution in [0.3, 0.4) is 0 Å². The van der Waals surface area contributed by atoms with Gasteiger partial charge in [-0.2, -0.15) is 0 Å². The van der Waals surface area contributed by atoms with E-state index in [4.69, 9.17) is 10.8 Å². The quantitative estimate of drug-likeness (QED) is 0.430. The highest BCUT2D eigenvalue weighted by atomic mass is 16.5. The van der Waals surface area contributed by atoms with Gasteiger partial charge in [0, 0.05) is 6.20 Å². The highest BCUT2D eigenvalue weighted by molar-refractivity contribution is 5.78. The van der Waals surface area contributed by atoms with Crippen LogP contribution in [0.25, 0.3) is 0 Å². The van der Waals surface area contributed by atoms with Gasteiger partial charge in [-0.25, -0.2) is 0 Å². The summed E-state index contributed by atoms with van der Waals surface area (Å²) in [6.07, 6.45) is 2.46. The highest BCUT2D eigenvalue weighted by Gasteiger charge is 1.91. The molecule has 0 amide bonds. The number of hydrogen-bond donors (Lipinski definition) is 2. The number of methoxy groups -OCH3 is 1. The van der Waals surface area contributed by atoms with E-state index < -0.39 is 5.97 Å². The van der Waals surface area contributed by atoms with Crippen molar-refractivity contribution >= 4 is 12.2 Å². The molecular formula is C6H10N2O3. The molecule has 0 aromatic heterocycles. The lowest BCUT2D eigenvalue weighted by Gasteiger charge is -1.95. The van der Waals surface area contributed by atoms with Gasteiger partial charge in [0.2, 0.25) is 0 Å². The number of aliphatic imine (C=N–C) groups is 1. The Morgan fingerprint density at radius 1 is 1.82 bits per heavy atom. The molecule has 0 rings (SSSR count). The maximum absolute atomic E-state index is 9.95. The van der Waals surface area contributed by atoms with Crippen LogP contribution < -0.4 is 5.73 Å². The Kier molecular flexibility index (Phi) is 4.55. The van der Waals surface area contributed by atoms with Gasteiger partial charge in [-0.05, 0) is 0 Å². The number of carboxylic acid groups (broad SMARTS) is 1. The third-order valence-corrected chi connectivity index (χ3v) is 0.845. The number of carbonyl (C=O) groups is 1. The second-order valence-corrected chi connectivity index (χ2v) is 1.64. The standard InChI is InChI=1S/C6H10N2O3/c1-11-5(2-7)3-8-4-6(9)10/h2-3H,4,7H2,1H3,(H,9,10). The van der Waals surface area contributed by atoms with Gasteiger partial charge in [0.25, 0.3) is 0 Å². The summed E-state index contributed by atoms with van der Waals surface area (Å²) >= 11 is 0. The van der Waals surface area contributed by atoms with Gasteiger partial charge in [0.15, 0.2) is 5.76 Å². The van der Waals surface area contributed by atoms with Crippen LogP contribution in [0.2, 0.25) is 0 Å². The molecule has 0 fully saturated rings. The number of nitrogens with zero attached hydrogens (tertiary/aromatic N) is 1. The number of allylic oxidation sites excluding steroid dienone is 1. The van der Waals surface area contributed by atoms with Crippen molar-refractivity contribution in [3.8, 4) is 0 Å². The maximum Gasteiger partial charge on any atom is 0.325 e. The summed E-state index contributed by atoms with van der Waals surface area (Å²) in [6.45, 7) is -0.277. The van der Waals surface area contributed by atoms with E-state index in [1.165, 1.54) is 19.5 Å². The highest BCUT2D eigenvalue weighted by Crippen LogP contribution is 1.86. The van der Waals surface area contributed by atoms with Gasteiger partial charge in [-0.15, -0.1) is 0 Å². The van der Waals surface area contributed by atoms with Gasteiger partial charge in [0.05, 0.1) is 13.3 Å². The molecule has 0 saturated heterocycles. The van der Waals surface area contributed by atoms with Gasteiger partial charge in [-0.1, -0.05) is 0 Å². The molecular weight excluding hydrogens is 148 g/mol. The zero-order chi connectivity index (χ0) is 8.69. The maximum atomic E-state index is 9.95. The Balaban J connectivity index is 3.81. The van der Waals surface area contributed by atoms with Crippen LogP contribution in [-0.2, 0) is 9.53 Å². The van der Waals surface area contributed by atoms with E-state index in [9.17, 15) is 4.79 Å². The predicted molar refractivity (Wildman–Crippen MR) is 40.3 cm³/mol. The lowest BCUT2D eigenvalue weighted by Crippen LogP contribution is -2.01. The lowest BCUT2D eigenvalue weighted by atomic mass is 10.5. The molecule has 0 heterocycles. The topological polar surface area (TPSA) is 84.9 Å². The van der Waals surface area contributed by atoms with Crippen molar-refractivity contribution in [2.75, 3.05) is 13.7 Å². The minimum atomic E-state index is -0.992. The average Bonchev–Trinajstić information content (AvgIpc) is 1.98. The van der Waals surface area contributed by atoms with Gasteiger partial charge in [-0.3, -0.25) is 9.79 Å². The molecule has 0 aliphatic heterocycles. The van der Waals surface area contributed by atoms with Gasteiger partial charge >= 0.3 is 5.97 Å². The largest absolute Gasteiger partial charge is 0.494 e. The molecule has 0 aromatic carbocycles. The van der Waals surface area contributed by atoms with Crippen molar-refractivity contribution in [2.45, 2.75) is 0 Å². The molecule has 0 aliphatic rings. The first kappa shape index (κ1) is 9.48. The van der Waals surface area contributed by atoms with Gasteiger partial charge < -0.3 is 15.6 Å². The van der Waals surface area contributed by atoms with Crippen LogP contribution in [0.5, 0.6) is 0 Å². The monoisotopic (exact) mass is 158 g/mol. The molecule has 0 aliphatic carbocycles. The molecule has 0 atom stereocenters. The SMILES string of the molecule is COC(C=NCC(=O)O)=CN. The zero-order valence-electron chi connectivity index (χ0n) is 6.15. The molecule has 0 spiro atoms. The van der Waals surface area contributed by atoms with Crippen LogP contribution >= 0.6 is 0 Å². The average molecular weight is 158 g/mol. The zero-order valence-corrected chi connectivity index (χ0v) is 6.15. The Labute approximate surface area is 64.2 Å². The lowest BCUT2D eigenvalue weighted by molar-refractivity contribution is -0.135. The van der Waals surface area contributed by atoms with Crippen molar-refractivity contribution in [3.05, 3.63) is 12.0 Å². The van der Waals surface area contributed by atoms with Crippen LogP contribution in [0.1, 0.15) is 0 Å². The van der Waals surface area contributed by atoms with E-state index in [1.54, 1.807) is 0 Å². The Hall–Kier alpha value is -1.52. The molecule has 5 heteroatoms. The molecule has 62 valence electrons. The van der Waals surface area contributed by atoms with Crippen LogP contribution in [0.4, 0.5) is 0 Å². The molecule has 3 N–H and O–H groups in total. The van der Waals surface area contributed by atoms with E-state index >= 15 is 0 Å². The first-order chi connectivity index (χ1) is 5.20. The number of rotatable bonds is 4. The second-order valence-electron chi connectivity index (χ2n) is 1.64. The van der Waals surface area contributed by atoms with Crippen molar-refractivity contribution < 1.29 is 14.6 Å². The van der Waals surface area contributed by atoms with E-state index in [1.807, 2.05) is 0 Å². The summed E-state index contributed by atoms with van der Waals surface area (Å²) in [5, 5.41) is 8.17. The third kappa shape index (κ3) is 4.95. The molecule has 0 saturated carbocycles. The predicted octanol–water partition coefficient (Wildman–Crippen LogP) is -0.412. The summed E-state index contributed by atoms with van der Waals surface area (Å²) in [5.41, 5.74) is 5.07. The van der Waals surface area contributed by atoms with Crippen molar-refractivity contribution in [3.63, 3.8) is 0 Å². The number of aliphatic carboxylic acids is 1. The fraction of sp³-hybridized carbons (Fsp3) is 0.333. The number of hydrogen-bond acceptors (Lipinski definition) is 4. The van der Waals surface area contributed by atoms with Crippen molar-refractivity contribution in [2.24, 2.45) is 10.7 Å². The van der Waals surface area contributed by atoms with E-state index in [2.05, 4.69) is 9.73 Å². The molecule has 0 bridgehead atoms. The summed E-state index contributed by atoms with van der Waals surface area (Å²) in [6, 6.07) is 0. The van der Waals surface area contributed by atoms with Crippen LogP contribution in [-0.4, -0.2) is 30.9 Å².